The molecule has 0 saturated carbocycles. The summed E-state index contributed by atoms with van der Waals surface area (Å²) in [5, 5.41) is 2.64. The lowest BCUT2D eigenvalue weighted by Crippen LogP contribution is -2.49. The SMILES string of the molecule is C[C@@H](C(=O)Nc1ccc(C(N)=O)cc1)N1CCC[C@@H](C(F)(F)F)C1. The number of nitrogens with two attached hydrogens (primary N) is 1. The molecule has 1 aromatic rings. The first-order valence-corrected chi connectivity index (χ1v) is 7.70. The molecule has 2 amide bonds. The van der Waals surface area contributed by atoms with Gasteiger partial charge in [0.25, 0.3) is 0 Å². The highest BCUT2D eigenvalue weighted by atomic mass is 19.4. The molecule has 0 aliphatic carbocycles. The molecule has 1 aromatic carbocycles. The first-order valence-electron chi connectivity index (χ1n) is 7.70. The van der Waals surface area contributed by atoms with Gasteiger partial charge in [0.1, 0.15) is 0 Å². The summed E-state index contributed by atoms with van der Waals surface area (Å²) >= 11 is 0. The number of nitrogens with one attached hydrogen (secondary N) is 1. The van der Waals surface area contributed by atoms with Crippen LogP contribution in [0.25, 0.3) is 0 Å². The van der Waals surface area contributed by atoms with Crippen molar-refractivity contribution in [3.05, 3.63) is 29.8 Å². The summed E-state index contributed by atoms with van der Waals surface area (Å²) in [6.45, 7) is 1.88. The van der Waals surface area contributed by atoms with Gasteiger partial charge < -0.3 is 11.1 Å². The number of alkyl halides is 3. The molecule has 24 heavy (non-hydrogen) atoms. The van der Waals surface area contributed by atoms with Crippen LogP contribution in [-0.4, -0.2) is 42.0 Å². The standard InChI is InChI=1S/C16H20F3N3O2/c1-10(22-8-2-3-12(9-22)16(17,18)19)15(24)21-13-6-4-11(5-7-13)14(20)23/h4-7,10,12H,2-3,8-9H2,1H3,(H2,20,23)(H,21,24)/t10-,12+/m0/s1. The van der Waals surface area contributed by atoms with Gasteiger partial charge in [-0.05, 0) is 50.6 Å². The Bertz CT molecular complexity index is 602. The highest BCUT2D eigenvalue weighted by Crippen LogP contribution is 2.33. The number of anilines is 1. The predicted molar refractivity (Wildman–Crippen MR) is 83.4 cm³/mol. The number of hydrogen-bond acceptors (Lipinski definition) is 3. The van der Waals surface area contributed by atoms with Gasteiger partial charge >= 0.3 is 6.18 Å². The Balaban J connectivity index is 1.97. The Labute approximate surface area is 138 Å². The van der Waals surface area contributed by atoms with Gasteiger partial charge in [-0.2, -0.15) is 13.2 Å². The Morgan fingerprint density at radius 1 is 1.29 bits per heavy atom. The normalized spacial score (nSPS) is 20.4. The van der Waals surface area contributed by atoms with E-state index in [1.54, 1.807) is 11.8 Å². The molecule has 1 heterocycles. The molecule has 3 N–H and O–H groups in total. The third kappa shape index (κ3) is 4.47. The van der Waals surface area contributed by atoms with Crippen LogP contribution in [0.15, 0.2) is 24.3 Å². The third-order valence-electron chi connectivity index (χ3n) is 4.28. The Kier molecular flexibility index (Phi) is 5.48. The summed E-state index contributed by atoms with van der Waals surface area (Å²) in [7, 11) is 0. The van der Waals surface area contributed by atoms with E-state index in [1.165, 1.54) is 24.3 Å². The Hall–Kier alpha value is -2.09. The first-order chi connectivity index (χ1) is 11.2. The number of piperidine rings is 1. The van der Waals surface area contributed by atoms with Crippen molar-refractivity contribution in [1.82, 2.24) is 4.90 Å². The Morgan fingerprint density at radius 2 is 1.92 bits per heavy atom. The van der Waals surface area contributed by atoms with Crippen molar-refractivity contribution < 1.29 is 22.8 Å². The van der Waals surface area contributed by atoms with Crippen LogP contribution in [-0.2, 0) is 4.79 Å². The molecule has 0 radical (unpaired) electrons. The minimum absolute atomic E-state index is 0.100. The van der Waals surface area contributed by atoms with Gasteiger partial charge in [0.15, 0.2) is 0 Å². The van der Waals surface area contributed by atoms with Crippen LogP contribution in [0.4, 0.5) is 18.9 Å². The number of likely N-dealkylation sites (tertiary alicyclic amines) is 1. The molecule has 0 unspecified atom stereocenters. The average molecular weight is 343 g/mol. The molecular weight excluding hydrogens is 323 g/mol. The zero-order valence-corrected chi connectivity index (χ0v) is 13.3. The summed E-state index contributed by atoms with van der Waals surface area (Å²) in [4.78, 5) is 24.8. The van der Waals surface area contributed by atoms with Crippen LogP contribution in [0.1, 0.15) is 30.1 Å². The van der Waals surface area contributed by atoms with Crippen molar-refractivity contribution >= 4 is 17.5 Å². The molecule has 1 saturated heterocycles. The van der Waals surface area contributed by atoms with Crippen molar-refractivity contribution in [2.75, 3.05) is 18.4 Å². The number of nitrogens with zero attached hydrogens (tertiary/aromatic N) is 1. The second-order valence-corrected chi connectivity index (χ2v) is 5.98. The van der Waals surface area contributed by atoms with E-state index in [1.807, 2.05) is 0 Å². The molecule has 0 spiro atoms. The molecule has 0 bridgehead atoms. The minimum atomic E-state index is -4.24. The van der Waals surface area contributed by atoms with Crippen molar-refractivity contribution in [3.8, 4) is 0 Å². The fraction of sp³-hybridized carbons (Fsp3) is 0.500. The molecule has 2 rings (SSSR count). The molecule has 1 fully saturated rings. The van der Waals surface area contributed by atoms with Gasteiger partial charge in [-0.1, -0.05) is 0 Å². The van der Waals surface area contributed by atoms with E-state index < -0.39 is 24.0 Å². The maximum Gasteiger partial charge on any atom is 0.393 e. The van der Waals surface area contributed by atoms with E-state index in [2.05, 4.69) is 5.32 Å². The largest absolute Gasteiger partial charge is 0.393 e. The summed E-state index contributed by atoms with van der Waals surface area (Å²) in [5.41, 5.74) is 5.90. The molecule has 5 nitrogen and oxygen atoms in total. The number of rotatable bonds is 4. The second kappa shape index (κ2) is 7.21. The number of primary amides is 1. The van der Waals surface area contributed by atoms with E-state index in [4.69, 9.17) is 5.73 Å². The van der Waals surface area contributed by atoms with E-state index in [0.29, 0.717) is 24.2 Å². The molecule has 8 heteroatoms. The van der Waals surface area contributed by atoms with Crippen LogP contribution < -0.4 is 11.1 Å². The van der Waals surface area contributed by atoms with Crippen molar-refractivity contribution in [3.63, 3.8) is 0 Å². The highest BCUT2D eigenvalue weighted by molar-refractivity contribution is 5.96. The van der Waals surface area contributed by atoms with Crippen LogP contribution in [0.5, 0.6) is 0 Å². The summed E-state index contributed by atoms with van der Waals surface area (Å²) < 4.78 is 38.6. The maximum atomic E-state index is 12.9. The van der Waals surface area contributed by atoms with Crippen molar-refractivity contribution in [2.24, 2.45) is 11.7 Å². The predicted octanol–water partition coefficient (Wildman–Crippen LogP) is 2.39. The van der Waals surface area contributed by atoms with Gasteiger partial charge in [0.2, 0.25) is 11.8 Å². The first kappa shape index (κ1) is 18.3. The molecule has 1 aliphatic heterocycles. The zero-order valence-electron chi connectivity index (χ0n) is 13.3. The van der Waals surface area contributed by atoms with E-state index in [0.717, 1.165) is 0 Å². The lowest BCUT2D eigenvalue weighted by atomic mass is 9.96. The van der Waals surface area contributed by atoms with Gasteiger partial charge in [-0.15, -0.1) is 0 Å². The molecule has 2 atom stereocenters. The quantitative estimate of drug-likeness (QED) is 0.881. The summed E-state index contributed by atoms with van der Waals surface area (Å²) in [5.74, 6) is -2.35. The van der Waals surface area contributed by atoms with Gasteiger partial charge in [0, 0.05) is 17.8 Å². The summed E-state index contributed by atoms with van der Waals surface area (Å²) in [6, 6.07) is 5.33. The number of carbonyl (C=O) groups excluding carboxylic acids is 2. The minimum Gasteiger partial charge on any atom is -0.366 e. The number of benzene rings is 1. The fourth-order valence-corrected chi connectivity index (χ4v) is 2.76. The van der Waals surface area contributed by atoms with Crippen molar-refractivity contribution in [2.45, 2.75) is 32.0 Å². The van der Waals surface area contributed by atoms with Crippen LogP contribution in [0.2, 0.25) is 0 Å². The van der Waals surface area contributed by atoms with Crippen molar-refractivity contribution in [1.29, 1.82) is 0 Å². The van der Waals surface area contributed by atoms with Crippen LogP contribution in [0.3, 0.4) is 0 Å². The molecule has 0 aromatic heterocycles. The molecular formula is C16H20F3N3O2. The highest BCUT2D eigenvalue weighted by Gasteiger charge is 2.43. The topological polar surface area (TPSA) is 75.4 Å². The lowest BCUT2D eigenvalue weighted by Gasteiger charge is -2.36. The van der Waals surface area contributed by atoms with Crippen LogP contribution >= 0.6 is 0 Å². The number of carbonyl (C=O) groups is 2. The van der Waals surface area contributed by atoms with Gasteiger partial charge in [-0.25, -0.2) is 0 Å². The van der Waals surface area contributed by atoms with E-state index in [-0.39, 0.29) is 18.9 Å². The molecule has 1 aliphatic rings. The number of hydrogen-bond donors (Lipinski definition) is 2. The zero-order chi connectivity index (χ0) is 17.9. The second-order valence-electron chi connectivity index (χ2n) is 5.98. The monoisotopic (exact) mass is 343 g/mol. The smallest absolute Gasteiger partial charge is 0.366 e. The fourth-order valence-electron chi connectivity index (χ4n) is 2.76. The number of amides is 2. The number of halogens is 3. The van der Waals surface area contributed by atoms with Gasteiger partial charge in [0.05, 0.1) is 12.0 Å². The molecule has 132 valence electrons. The Morgan fingerprint density at radius 3 is 2.46 bits per heavy atom. The van der Waals surface area contributed by atoms with E-state index in [9.17, 15) is 22.8 Å². The third-order valence-corrected chi connectivity index (χ3v) is 4.28. The van der Waals surface area contributed by atoms with E-state index >= 15 is 0 Å². The van der Waals surface area contributed by atoms with Gasteiger partial charge in [-0.3, -0.25) is 14.5 Å². The lowest BCUT2D eigenvalue weighted by molar-refractivity contribution is -0.188. The van der Waals surface area contributed by atoms with Crippen LogP contribution in [0, 0.1) is 5.92 Å². The maximum absolute atomic E-state index is 12.9. The average Bonchev–Trinajstić information content (AvgIpc) is 2.54. The summed E-state index contributed by atoms with van der Waals surface area (Å²) in [6.07, 6.45) is -3.72.